The summed E-state index contributed by atoms with van der Waals surface area (Å²) < 4.78 is 1.91. The van der Waals surface area contributed by atoms with Crippen LogP contribution in [0, 0.1) is 18.8 Å². The zero-order valence-electron chi connectivity index (χ0n) is 11.6. The minimum absolute atomic E-state index is 0.446. The van der Waals surface area contributed by atoms with Gasteiger partial charge in [-0.25, -0.2) is 0 Å². The van der Waals surface area contributed by atoms with Crippen LogP contribution >= 0.6 is 12.2 Å². The molecule has 18 heavy (non-hydrogen) atoms. The van der Waals surface area contributed by atoms with Gasteiger partial charge in [-0.05, 0) is 25.2 Å². The van der Waals surface area contributed by atoms with Gasteiger partial charge in [-0.2, -0.15) is 5.10 Å². The van der Waals surface area contributed by atoms with E-state index >= 15 is 0 Å². The number of piperidine rings is 1. The van der Waals surface area contributed by atoms with Crippen molar-refractivity contribution < 1.29 is 0 Å². The van der Waals surface area contributed by atoms with Crippen LogP contribution in [0.1, 0.15) is 31.5 Å². The molecule has 2 heterocycles. The zero-order valence-corrected chi connectivity index (χ0v) is 12.4. The van der Waals surface area contributed by atoms with Crippen LogP contribution in [0.4, 0.5) is 5.82 Å². The summed E-state index contributed by atoms with van der Waals surface area (Å²) in [5, 5.41) is 4.47. The van der Waals surface area contributed by atoms with Crippen molar-refractivity contribution in [2.45, 2.75) is 27.2 Å². The minimum atomic E-state index is 0.446. The Balaban J connectivity index is 2.41. The van der Waals surface area contributed by atoms with E-state index in [9.17, 15) is 0 Å². The van der Waals surface area contributed by atoms with E-state index < -0.39 is 0 Å². The minimum Gasteiger partial charge on any atom is -0.389 e. The largest absolute Gasteiger partial charge is 0.389 e. The Labute approximate surface area is 114 Å². The third kappa shape index (κ3) is 2.36. The van der Waals surface area contributed by atoms with E-state index in [4.69, 9.17) is 18.0 Å². The molecular formula is C13H22N4S. The van der Waals surface area contributed by atoms with Crippen molar-refractivity contribution >= 4 is 23.0 Å². The van der Waals surface area contributed by atoms with Crippen molar-refractivity contribution in [3.05, 3.63) is 11.3 Å². The average molecular weight is 266 g/mol. The molecule has 1 saturated heterocycles. The third-order valence-corrected chi connectivity index (χ3v) is 3.81. The van der Waals surface area contributed by atoms with Crippen molar-refractivity contribution in [1.82, 2.24) is 9.78 Å². The molecule has 0 radical (unpaired) electrons. The summed E-state index contributed by atoms with van der Waals surface area (Å²) in [6, 6.07) is 0. The SMILES string of the molecule is Cc1nn(C)c(N2CC(C)CC(C)C2)c1C(N)=S. The van der Waals surface area contributed by atoms with Gasteiger partial charge in [-0.3, -0.25) is 4.68 Å². The van der Waals surface area contributed by atoms with E-state index in [1.165, 1.54) is 6.42 Å². The van der Waals surface area contributed by atoms with E-state index in [1.807, 2.05) is 18.7 Å². The molecule has 5 heteroatoms. The molecule has 1 aliphatic rings. The fourth-order valence-corrected chi connectivity index (χ4v) is 3.37. The number of rotatable bonds is 2. The van der Waals surface area contributed by atoms with Crippen molar-refractivity contribution in [1.29, 1.82) is 0 Å². The molecule has 0 aromatic carbocycles. The summed E-state index contributed by atoms with van der Waals surface area (Å²) in [7, 11) is 1.97. The van der Waals surface area contributed by atoms with Crippen LogP contribution in [0.3, 0.4) is 0 Å². The molecule has 1 fully saturated rings. The Morgan fingerprint density at radius 3 is 2.39 bits per heavy atom. The highest BCUT2D eigenvalue weighted by Gasteiger charge is 2.27. The van der Waals surface area contributed by atoms with Crippen LogP contribution in [-0.4, -0.2) is 27.9 Å². The number of thiocarbonyl (C=S) groups is 1. The predicted octanol–water partition coefficient (Wildman–Crippen LogP) is 1.85. The van der Waals surface area contributed by atoms with E-state index in [2.05, 4.69) is 23.8 Å². The van der Waals surface area contributed by atoms with Gasteiger partial charge in [0.25, 0.3) is 0 Å². The summed E-state index contributed by atoms with van der Waals surface area (Å²) in [6.07, 6.45) is 1.29. The van der Waals surface area contributed by atoms with Crippen LogP contribution in [0.25, 0.3) is 0 Å². The second-order valence-corrected chi connectivity index (χ2v) is 6.06. The highest BCUT2D eigenvalue weighted by atomic mass is 32.1. The molecule has 100 valence electrons. The molecule has 0 amide bonds. The number of aromatic nitrogens is 2. The van der Waals surface area contributed by atoms with E-state index in [0.717, 1.165) is 30.2 Å². The van der Waals surface area contributed by atoms with Crippen molar-refractivity contribution in [2.24, 2.45) is 24.6 Å². The first kappa shape index (κ1) is 13.3. The highest BCUT2D eigenvalue weighted by Crippen LogP contribution is 2.29. The van der Waals surface area contributed by atoms with Crippen molar-refractivity contribution in [3.8, 4) is 0 Å². The first-order chi connectivity index (χ1) is 8.40. The van der Waals surface area contributed by atoms with Gasteiger partial charge < -0.3 is 10.6 Å². The monoisotopic (exact) mass is 266 g/mol. The molecule has 2 unspecified atom stereocenters. The summed E-state index contributed by atoms with van der Waals surface area (Å²) in [5.74, 6) is 2.48. The van der Waals surface area contributed by atoms with Gasteiger partial charge in [-0.1, -0.05) is 26.1 Å². The molecule has 0 bridgehead atoms. The van der Waals surface area contributed by atoms with Crippen LogP contribution < -0.4 is 10.6 Å². The first-order valence-electron chi connectivity index (χ1n) is 6.48. The lowest BCUT2D eigenvalue weighted by atomic mass is 9.91. The van der Waals surface area contributed by atoms with Crippen molar-refractivity contribution in [2.75, 3.05) is 18.0 Å². The maximum atomic E-state index is 5.86. The van der Waals surface area contributed by atoms with Gasteiger partial charge in [0.2, 0.25) is 0 Å². The first-order valence-corrected chi connectivity index (χ1v) is 6.89. The lowest BCUT2D eigenvalue weighted by molar-refractivity contribution is 0.353. The summed E-state index contributed by atoms with van der Waals surface area (Å²) >= 11 is 5.18. The van der Waals surface area contributed by atoms with Crippen LogP contribution in [0.2, 0.25) is 0 Å². The van der Waals surface area contributed by atoms with Crippen molar-refractivity contribution in [3.63, 3.8) is 0 Å². The van der Waals surface area contributed by atoms with Crippen LogP contribution in [0.15, 0.2) is 0 Å². The molecule has 2 N–H and O–H groups in total. The summed E-state index contributed by atoms with van der Waals surface area (Å²) in [4.78, 5) is 2.83. The van der Waals surface area contributed by atoms with Gasteiger partial charge in [0, 0.05) is 20.1 Å². The molecule has 0 spiro atoms. The Bertz CT molecular complexity index is 456. The fourth-order valence-electron chi connectivity index (χ4n) is 3.13. The normalized spacial score (nSPS) is 24.3. The molecule has 1 aliphatic heterocycles. The number of nitrogens with two attached hydrogens (primary N) is 1. The summed E-state index contributed by atoms with van der Waals surface area (Å²) in [5.41, 5.74) is 7.72. The van der Waals surface area contributed by atoms with Crippen LogP contribution in [-0.2, 0) is 7.05 Å². The zero-order chi connectivity index (χ0) is 13.4. The van der Waals surface area contributed by atoms with Crippen LogP contribution in [0.5, 0.6) is 0 Å². The molecule has 2 atom stereocenters. The molecule has 1 aromatic heterocycles. The fraction of sp³-hybridized carbons (Fsp3) is 0.692. The standard InChI is InChI=1S/C13H22N4S/c1-8-5-9(2)7-17(6-8)13-11(12(14)18)10(3)15-16(13)4/h8-9H,5-7H2,1-4H3,(H2,14,18). The maximum Gasteiger partial charge on any atom is 0.137 e. The van der Waals surface area contributed by atoms with Gasteiger partial charge in [0.05, 0.1) is 11.3 Å². The average Bonchev–Trinajstić information content (AvgIpc) is 2.51. The number of nitrogens with zero attached hydrogens (tertiary/aromatic N) is 3. The predicted molar refractivity (Wildman–Crippen MR) is 79.0 cm³/mol. The Kier molecular flexibility index (Phi) is 3.61. The quantitative estimate of drug-likeness (QED) is 0.830. The second kappa shape index (κ2) is 4.88. The van der Waals surface area contributed by atoms with Gasteiger partial charge in [0.15, 0.2) is 0 Å². The number of anilines is 1. The Morgan fingerprint density at radius 1 is 1.33 bits per heavy atom. The lowest BCUT2D eigenvalue weighted by Crippen LogP contribution is -2.40. The molecular weight excluding hydrogens is 244 g/mol. The molecule has 4 nitrogen and oxygen atoms in total. The molecule has 0 saturated carbocycles. The Morgan fingerprint density at radius 2 is 1.89 bits per heavy atom. The molecule has 0 aliphatic carbocycles. The highest BCUT2D eigenvalue weighted by molar-refractivity contribution is 7.80. The number of hydrogen-bond donors (Lipinski definition) is 1. The second-order valence-electron chi connectivity index (χ2n) is 5.62. The lowest BCUT2D eigenvalue weighted by Gasteiger charge is -2.36. The maximum absolute atomic E-state index is 5.86. The van der Waals surface area contributed by atoms with Gasteiger partial charge in [0.1, 0.15) is 10.8 Å². The Hall–Kier alpha value is -1.10. The van der Waals surface area contributed by atoms with Gasteiger partial charge >= 0.3 is 0 Å². The smallest absolute Gasteiger partial charge is 0.137 e. The van der Waals surface area contributed by atoms with E-state index in [1.54, 1.807) is 0 Å². The third-order valence-electron chi connectivity index (χ3n) is 3.61. The molecule has 2 rings (SSSR count). The van der Waals surface area contributed by atoms with E-state index in [-0.39, 0.29) is 0 Å². The number of aryl methyl sites for hydroxylation is 2. The van der Waals surface area contributed by atoms with E-state index in [0.29, 0.717) is 16.8 Å². The van der Waals surface area contributed by atoms with Gasteiger partial charge in [-0.15, -0.1) is 0 Å². The summed E-state index contributed by atoms with van der Waals surface area (Å²) in [6.45, 7) is 8.67. The topological polar surface area (TPSA) is 47.1 Å². The molecule has 1 aromatic rings. The number of hydrogen-bond acceptors (Lipinski definition) is 3.